The fourth-order valence-electron chi connectivity index (χ4n) is 1.60. The van der Waals surface area contributed by atoms with Crippen LogP contribution >= 0.6 is 11.6 Å². The Morgan fingerprint density at radius 2 is 2.32 bits per heavy atom. The predicted molar refractivity (Wildman–Crippen MR) is 67.1 cm³/mol. The maximum atomic E-state index is 10.6. The van der Waals surface area contributed by atoms with Crippen LogP contribution in [0.2, 0.25) is 5.02 Å². The molecule has 0 amide bonds. The van der Waals surface area contributed by atoms with Crippen molar-refractivity contribution >= 4 is 17.6 Å². The van der Waals surface area contributed by atoms with Gasteiger partial charge in [-0.15, -0.1) is 5.10 Å². The molecule has 0 aliphatic rings. The summed E-state index contributed by atoms with van der Waals surface area (Å²) in [7, 11) is 1.53. The molecule has 7 nitrogen and oxygen atoms in total. The number of rotatable bonds is 5. The number of carbonyl (C=O) groups is 1. The largest absolute Gasteiger partial charge is 0.496 e. The fourth-order valence-corrected chi connectivity index (χ4v) is 1.78. The molecule has 100 valence electrons. The van der Waals surface area contributed by atoms with Crippen molar-refractivity contribution in [1.82, 2.24) is 20.2 Å². The van der Waals surface area contributed by atoms with E-state index in [0.717, 1.165) is 0 Å². The second-order valence-corrected chi connectivity index (χ2v) is 4.15. The van der Waals surface area contributed by atoms with Crippen LogP contribution in [0.1, 0.15) is 6.42 Å². The van der Waals surface area contributed by atoms with Gasteiger partial charge in [-0.05, 0) is 28.6 Å². The maximum Gasteiger partial charge on any atom is 0.305 e. The van der Waals surface area contributed by atoms with Crippen LogP contribution in [0.5, 0.6) is 5.75 Å². The molecular formula is C11H11ClN4O3. The number of benzene rings is 1. The van der Waals surface area contributed by atoms with Gasteiger partial charge in [0.1, 0.15) is 5.75 Å². The van der Waals surface area contributed by atoms with Gasteiger partial charge in [0, 0.05) is 5.02 Å². The van der Waals surface area contributed by atoms with E-state index in [9.17, 15) is 4.79 Å². The Kier molecular flexibility index (Phi) is 3.96. The van der Waals surface area contributed by atoms with Gasteiger partial charge in [-0.3, -0.25) is 4.79 Å². The van der Waals surface area contributed by atoms with E-state index in [-0.39, 0.29) is 13.0 Å². The third kappa shape index (κ3) is 3.00. The molecule has 8 heteroatoms. The first-order chi connectivity index (χ1) is 9.11. The van der Waals surface area contributed by atoms with E-state index in [2.05, 4.69) is 15.5 Å². The van der Waals surface area contributed by atoms with E-state index in [1.807, 2.05) is 0 Å². The molecular weight excluding hydrogens is 272 g/mol. The summed E-state index contributed by atoms with van der Waals surface area (Å²) in [4.78, 5) is 10.6. The average Bonchev–Trinajstić information content (AvgIpc) is 2.84. The van der Waals surface area contributed by atoms with Crippen LogP contribution < -0.4 is 4.74 Å². The normalized spacial score (nSPS) is 10.4. The van der Waals surface area contributed by atoms with Crippen LogP contribution in [0.3, 0.4) is 0 Å². The lowest BCUT2D eigenvalue weighted by Crippen LogP contribution is -2.08. The minimum absolute atomic E-state index is 0.0685. The van der Waals surface area contributed by atoms with E-state index >= 15 is 0 Å². The third-order valence-corrected chi connectivity index (χ3v) is 2.71. The first kappa shape index (κ1) is 13.3. The highest BCUT2D eigenvalue weighted by Crippen LogP contribution is 2.30. The van der Waals surface area contributed by atoms with Crippen LogP contribution in [0, 0.1) is 0 Å². The molecule has 0 saturated heterocycles. The lowest BCUT2D eigenvalue weighted by atomic mass is 10.2. The minimum atomic E-state index is -0.917. The highest BCUT2D eigenvalue weighted by Gasteiger charge is 2.15. The monoisotopic (exact) mass is 282 g/mol. The average molecular weight is 283 g/mol. The molecule has 1 aromatic carbocycles. The number of nitrogens with zero attached hydrogens (tertiary/aromatic N) is 4. The zero-order valence-electron chi connectivity index (χ0n) is 10.1. The Morgan fingerprint density at radius 3 is 3.00 bits per heavy atom. The predicted octanol–water partition coefficient (Wildman–Crippen LogP) is 1.48. The Hall–Kier alpha value is -2.15. The lowest BCUT2D eigenvalue weighted by Gasteiger charge is -2.08. The highest BCUT2D eigenvalue weighted by atomic mass is 35.5. The Labute approximate surface area is 113 Å². The number of hydrogen-bond acceptors (Lipinski definition) is 5. The summed E-state index contributed by atoms with van der Waals surface area (Å²) in [5, 5.41) is 20.4. The van der Waals surface area contributed by atoms with Gasteiger partial charge in [0.15, 0.2) is 5.82 Å². The Morgan fingerprint density at radius 1 is 1.53 bits per heavy atom. The van der Waals surface area contributed by atoms with Gasteiger partial charge < -0.3 is 9.84 Å². The number of aryl methyl sites for hydroxylation is 1. The molecule has 0 aliphatic carbocycles. The van der Waals surface area contributed by atoms with Gasteiger partial charge >= 0.3 is 5.97 Å². The zero-order valence-corrected chi connectivity index (χ0v) is 10.8. The van der Waals surface area contributed by atoms with E-state index in [1.54, 1.807) is 18.2 Å². The first-order valence-corrected chi connectivity index (χ1v) is 5.81. The van der Waals surface area contributed by atoms with Crippen molar-refractivity contribution < 1.29 is 14.6 Å². The van der Waals surface area contributed by atoms with Crippen molar-refractivity contribution in [3.05, 3.63) is 23.2 Å². The van der Waals surface area contributed by atoms with Crippen molar-refractivity contribution in [3.8, 4) is 17.1 Å². The number of hydrogen-bond donors (Lipinski definition) is 1. The molecule has 1 heterocycles. The number of ether oxygens (including phenoxy) is 1. The van der Waals surface area contributed by atoms with Crippen molar-refractivity contribution in [3.63, 3.8) is 0 Å². The van der Waals surface area contributed by atoms with Gasteiger partial charge in [0.25, 0.3) is 0 Å². The van der Waals surface area contributed by atoms with E-state index in [1.165, 1.54) is 11.8 Å². The van der Waals surface area contributed by atoms with Crippen molar-refractivity contribution in [2.24, 2.45) is 0 Å². The van der Waals surface area contributed by atoms with Gasteiger partial charge in [-0.2, -0.15) is 0 Å². The molecule has 2 aromatic rings. The molecule has 0 atom stereocenters. The molecule has 0 spiro atoms. The lowest BCUT2D eigenvalue weighted by molar-refractivity contribution is -0.137. The molecule has 0 unspecified atom stereocenters. The summed E-state index contributed by atoms with van der Waals surface area (Å²) >= 11 is 5.94. The third-order valence-electron chi connectivity index (χ3n) is 2.47. The van der Waals surface area contributed by atoms with E-state index in [0.29, 0.717) is 22.2 Å². The summed E-state index contributed by atoms with van der Waals surface area (Å²) in [6.45, 7) is 0.174. The smallest absolute Gasteiger partial charge is 0.305 e. The summed E-state index contributed by atoms with van der Waals surface area (Å²) in [5.41, 5.74) is 0.616. The molecule has 1 aromatic heterocycles. The molecule has 0 radical (unpaired) electrons. The number of carboxylic acids is 1. The van der Waals surface area contributed by atoms with Crippen LogP contribution in [-0.4, -0.2) is 38.4 Å². The van der Waals surface area contributed by atoms with Crippen molar-refractivity contribution in [2.75, 3.05) is 7.11 Å². The molecule has 1 N–H and O–H groups in total. The van der Waals surface area contributed by atoms with E-state index in [4.69, 9.17) is 21.4 Å². The van der Waals surface area contributed by atoms with Crippen LogP contribution in [-0.2, 0) is 11.3 Å². The van der Waals surface area contributed by atoms with Gasteiger partial charge in [-0.25, -0.2) is 4.68 Å². The second kappa shape index (κ2) is 5.66. The summed E-state index contributed by atoms with van der Waals surface area (Å²) in [6, 6.07) is 5.06. The molecule has 19 heavy (non-hydrogen) atoms. The van der Waals surface area contributed by atoms with Crippen LogP contribution in [0.4, 0.5) is 0 Å². The van der Waals surface area contributed by atoms with Gasteiger partial charge in [-0.1, -0.05) is 11.6 Å². The summed E-state index contributed by atoms with van der Waals surface area (Å²) in [6.07, 6.45) is -0.0685. The van der Waals surface area contributed by atoms with Crippen molar-refractivity contribution in [1.29, 1.82) is 0 Å². The van der Waals surface area contributed by atoms with Crippen LogP contribution in [0.25, 0.3) is 11.4 Å². The minimum Gasteiger partial charge on any atom is -0.496 e. The van der Waals surface area contributed by atoms with Gasteiger partial charge in [0.2, 0.25) is 0 Å². The quantitative estimate of drug-likeness (QED) is 0.893. The Balaban J connectivity index is 2.39. The summed E-state index contributed by atoms with van der Waals surface area (Å²) in [5.74, 6) is 0.0656. The highest BCUT2D eigenvalue weighted by molar-refractivity contribution is 6.30. The number of aromatic nitrogens is 4. The number of tetrazole rings is 1. The number of carboxylic acid groups (broad SMARTS) is 1. The molecule has 0 saturated carbocycles. The fraction of sp³-hybridized carbons (Fsp3) is 0.273. The number of methoxy groups -OCH3 is 1. The Bertz CT molecular complexity index is 599. The standard InChI is InChI=1S/C11H11ClN4O3/c1-19-9-3-2-7(12)6-8(9)11-13-14-15-16(11)5-4-10(17)18/h2-3,6H,4-5H2,1H3,(H,17,18). The topological polar surface area (TPSA) is 90.1 Å². The van der Waals surface area contributed by atoms with Crippen molar-refractivity contribution in [2.45, 2.75) is 13.0 Å². The first-order valence-electron chi connectivity index (χ1n) is 5.43. The number of halogens is 1. The second-order valence-electron chi connectivity index (χ2n) is 3.71. The zero-order chi connectivity index (χ0) is 13.8. The van der Waals surface area contributed by atoms with Crippen LogP contribution in [0.15, 0.2) is 18.2 Å². The SMILES string of the molecule is COc1ccc(Cl)cc1-c1nnnn1CCC(=O)O. The molecule has 0 aliphatic heterocycles. The molecule has 2 rings (SSSR count). The maximum absolute atomic E-state index is 10.6. The molecule has 0 fully saturated rings. The van der Waals surface area contributed by atoms with Gasteiger partial charge in [0.05, 0.1) is 25.6 Å². The number of aliphatic carboxylic acids is 1. The summed E-state index contributed by atoms with van der Waals surface area (Å²) < 4.78 is 6.63. The van der Waals surface area contributed by atoms with E-state index < -0.39 is 5.97 Å². The molecule has 0 bridgehead atoms.